The number of pyridine rings is 1. The molecule has 3 atom stereocenters. The van der Waals surface area contributed by atoms with Gasteiger partial charge < -0.3 is 35.7 Å². The van der Waals surface area contributed by atoms with Gasteiger partial charge in [-0.25, -0.2) is 4.79 Å². The van der Waals surface area contributed by atoms with Crippen molar-refractivity contribution in [1.29, 1.82) is 0 Å². The zero-order chi connectivity index (χ0) is 37.4. The number of phenols is 1. The number of aliphatic hydroxyl groups is 2. The number of nitrogens with one attached hydrogen (secondary N) is 3. The minimum atomic E-state index is -1.80. The molecule has 2 saturated heterocycles. The minimum absolute atomic E-state index is 0.0275. The Balaban J connectivity index is 0.828. The number of aliphatic hydroxyl groups excluding tert-OH is 1. The topological polar surface area (TPSA) is 166 Å². The number of aromatic amines is 1. The Kier molecular flexibility index (Phi) is 10.6. The van der Waals surface area contributed by atoms with Crippen molar-refractivity contribution in [2.24, 2.45) is 5.92 Å². The van der Waals surface area contributed by atoms with Crippen LogP contribution in [0.3, 0.4) is 0 Å². The van der Waals surface area contributed by atoms with E-state index in [1.807, 2.05) is 45.7 Å². The van der Waals surface area contributed by atoms with E-state index in [2.05, 4.69) is 15.6 Å². The first-order chi connectivity index (χ1) is 26.2. The number of H-pyrrole nitrogens is 1. The standard InChI is InChI=1S/C40H42N4O7S3/c45-31-11-8-28(29-9-12-36(47)43-37(29)31)32(46)22-41-21-24-7-10-30-33(18-24)54-39(49)44(30)13-1-4-23-16-25-19-27(20-26(17-23)42-25)51-38(48)40(50,34-5-2-14-52-34)35-6-3-15-53-35/h2-3,5-12,14-15,18,23,25-27,32,41-42,45-46,50H,1,4,13,16-17,19-22H2,(H,43,47)/t23?,25?,26?,27?,32-/m0/s1. The highest BCUT2D eigenvalue weighted by Gasteiger charge is 2.46. The molecule has 2 aliphatic heterocycles. The third-order valence-electron chi connectivity index (χ3n) is 10.8. The third kappa shape index (κ3) is 7.44. The summed E-state index contributed by atoms with van der Waals surface area (Å²) in [5.41, 5.74) is 0.694. The Morgan fingerprint density at radius 3 is 2.43 bits per heavy atom. The zero-order valence-electron chi connectivity index (χ0n) is 29.4. The number of aromatic hydroxyl groups is 1. The summed E-state index contributed by atoms with van der Waals surface area (Å²) in [6, 6.07) is 19.8. The molecule has 0 radical (unpaired) electrons. The van der Waals surface area contributed by atoms with Crippen LogP contribution >= 0.6 is 34.0 Å². The molecule has 0 aliphatic carbocycles. The van der Waals surface area contributed by atoms with Crippen molar-refractivity contribution < 1.29 is 24.9 Å². The number of ether oxygens (including phenoxy) is 1. The van der Waals surface area contributed by atoms with Crippen molar-refractivity contribution in [3.8, 4) is 5.75 Å². The van der Waals surface area contributed by atoms with Crippen LogP contribution in [0.5, 0.6) is 5.75 Å². The van der Waals surface area contributed by atoms with Gasteiger partial charge >= 0.3 is 10.8 Å². The highest BCUT2D eigenvalue weighted by Crippen LogP contribution is 2.39. The normalized spacial score (nSPS) is 20.7. The molecule has 4 aromatic heterocycles. The van der Waals surface area contributed by atoms with Crippen LogP contribution in [0.4, 0.5) is 0 Å². The van der Waals surface area contributed by atoms with Crippen molar-refractivity contribution in [3.63, 3.8) is 0 Å². The molecular formula is C40H42N4O7S3. The molecule has 2 bridgehead atoms. The highest BCUT2D eigenvalue weighted by atomic mass is 32.1. The lowest BCUT2D eigenvalue weighted by molar-refractivity contribution is -0.170. The second-order valence-electron chi connectivity index (χ2n) is 14.5. The van der Waals surface area contributed by atoms with E-state index in [4.69, 9.17) is 4.74 Å². The van der Waals surface area contributed by atoms with Crippen LogP contribution in [-0.4, -0.2) is 55.6 Å². The smallest absolute Gasteiger partial charge is 0.349 e. The fourth-order valence-corrected chi connectivity index (χ4v) is 11.0. The molecule has 2 unspecified atom stereocenters. The van der Waals surface area contributed by atoms with Crippen molar-refractivity contribution in [3.05, 3.63) is 118 Å². The molecule has 11 nitrogen and oxygen atoms in total. The molecule has 6 N–H and O–H groups in total. The van der Waals surface area contributed by atoms with Gasteiger partial charge in [0.2, 0.25) is 11.2 Å². The number of aryl methyl sites for hydroxylation is 1. The van der Waals surface area contributed by atoms with Gasteiger partial charge in [0, 0.05) is 43.2 Å². The molecule has 0 amide bonds. The van der Waals surface area contributed by atoms with E-state index in [-0.39, 0.29) is 40.9 Å². The van der Waals surface area contributed by atoms with Crippen molar-refractivity contribution in [2.45, 2.75) is 81.5 Å². The van der Waals surface area contributed by atoms with Crippen LogP contribution < -0.4 is 21.1 Å². The van der Waals surface area contributed by atoms with Gasteiger partial charge in [0.15, 0.2) is 0 Å². The van der Waals surface area contributed by atoms with E-state index in [0.29, 0.717) is 58.1 Å². The average Bonchev–Trinajstić information content (AvgIpc) is 3.94. The zero-order valence-corrected chi connectivity index (χ0v) is 31.9. The number of hydrogen-bond acceptors (Lipinski definition) is 12. The summed E-state index contributed by atoms with van der Waals surface area (Å²) in [6.07, 6.45) is 4.18. The van der Waals surface area contributed by atoms with E-state index >= 15 is 0 Å². The second kappa shape index (κ2) is 15.5. The summed E-state index contributed by atoms with van der Waals surface area (Å²) in [5.74, 6) is -0.141. The SMILES string of the molecule is O=C(OC1CC2CC(CCCn3c(=O)sc4cc(CNC[C@H](O)c5ccc(O)c6[nH]c(=O)ccc56)ccc43)CC(C1)N2)C(O)(c1cccs1)c1cccs1. The lowest BCUT2D eigenvalue weighted by Crippen LogP contribution is -2.54. The van der Waals surface area contributed by atoms with Gasteiger partial charge in [-0.1, -0.05) is 35.6 Å². The molecular weight excluding hydrogens is 745 g/mol. The summed E-state index contributed by atoms with van der Waals surface area (Å²) in [5, 5.41) is 44.0. The molecule has 2 aliphatic rings. The van der Waals surface area contributed by atoms with E-state index in [9.17, 15) is 29.7 Å². The predicted octanol–water partition coefficient (Wildman–Crippen LogP) is 5.72. The molecule has 0 spiro atoms. The first-order valence-electron chi connectivity index (χ1n) is 18.3. The number of carbonyl (C=O) groups excluding carboxylic acids is 1. The predicted molar refractivity (Wildman–Crippen MR) is 212 cm³/mol. The van der Waals surface area contributed by atoms with Crippen LogP contribution in [0.1, 0.15) is 65.5 Å². The third-order valence-corrected chi connectivity index (χ3v) is 13.7. The molecule has 2 aromatic carbocycles. The van der Waals surface area contributed by atoms with E-state index in [0.717, 1.165) is 41.5 Å². The first-order valence-corrected chi connectivity index (χ1v) is 20.9. The Morgan fingerprint density at radius 2 is 1.72 bits per heavy atom. The van der Waals surface area contributed by atoms with Crippen molar-refractivity contribution >= 4 is 61.1 Å². The Labute approximate surface area is 322 Å². The monoisotopic (exact) mass is 786 g/mol. The van der Waals surface area contributed by atoms with Crippen LogP contribution in [0.15, 0.2) is 87.1 Å². The van der Waals surface area contributed by atoms with Crippen LogP contribution in [0.2, 0.25) is 0 Å². The maximum atomic E-state index is 13.5. The highest BCUT2D eigenvalue weighted by molar-refractivity contribution is 7.16. The number of esters is 1. The lowest BCUT2D eigenvalue weighted by Gasteiger charge is -2.43. The fourth-order valence-electron chi connectivity index (χ4n) is 8.27. The van der Waals surface area contributed by atoms with Crippen molar-refractivity contribution in [1.82, 2.24) is 20.2 Å². The first kappa shape index (κ1) is 36.8. The number of nitrogens with zero attached hydrogens (tertiary/aromatic N) is 1. The lowest BCUT2D eigenvalue weighted by atomic mass is 9.77. The number of carbonyl (C=O) groups is 1. The molecule has 54 heavy (non-hydrogen) atoms. The van der Waals surface area contributed by atoms with Gasteiger partial charge in [0.25, 0.3) is 0 Å². The molecule has 2 fully saturated rings. The Bertz CT molecular complexity index is 2320. The van der Waals surface area contributed by atoms with Crippen LogP contribution in [-0.2, 0) is 28.2 Å². The van der Waals surface area contributed by atoms with E-state index in [1.54, 1.807) is 24.3 Å². The summed E-state index contributed by atoms with van der Waals surface area (Å²) in [6.45, 7) is 1.40. The number of phenolic OH excluding ortho intramolecular Hbond substituents is 1. The van der Waals surface area contributed by atoms with Crippen LogP contribution in [0, 0.1) is 5.92 Å². The number of rotatable bonds is 13. The number of thiazole rings is 1. The average molecular weight is 787 g/mol. The van der Waals surface area contributed by atoms with Gasteiger partial charge in [0.05, 0.1) is 31.6 Å². The molecule has 0 saturated carbocycles. The number of fused-ring (bicyclic) bond motifs is 4. The van der Waals surface area contributed by atoms with Gasteiger partial charge in [-0.3, -0.25) is 14.2 Å². The molecule has 282 valence electrons. The minimum Gasteiger partial charge on any atom is -0.506 e. The number of piperidine rings is 2. The quantitative estimate of drug-likeness (QED) is 0.0804. The largest absolute Gasteiger partial charge is 0.506 e. The van der Waals surface area contributed by atoms with E-state index < -0.39 is 17.7 Å². The summed E-state index contributed by atoms with van der Waals surface area (Å²) < 4.78 is 8.86. The molecule has 6 heterocycles. The molecule has 8 rings (SSSR count). The Morgan fingerprint density at radius 1 is 0.981 bits per heavy atom. The van der Waals surface area contributed by atoms with Crippen LogP contribution in [0.25, 0.3) is 21.1 Å². The fraction of sp³-hybridized carbons (Fsp3) is 0.375. The Hall–Kier alpha value is -4.15. The number of benzene rings is 2. The summed E-state index contributed by atoms with van der Waals surface area (Å²) in [7, 11) is 0. The number of aromatic nitrogens is 2. The summed E-state index contributed by atoms with van der Waals surface area (Å²) >= 11 is 3.94. The number of hydrogen-bond donors (Lipinski definition) is 6. The second-order valence-corrected chi connectivity index (χ2v) is 17.3. The maximum Gasteiger partial charge on any atom is 0.349 e. The number of thiophene rings is 2. The van der Waals surface area contributed by atoms with Gasteiger partial charge in [-0.15, -0.1) is 22.7 Å². The van der Waals surface area contributed by atoms with Gasteiger partial charge in [-0.05, 0) is 103 Å². The molecule has 14 heteroatoms. The van der Waals surface area contributed by atoms with Gasteiger partial charge in [0.1, 0.15) is 11.9 Å². The van der Waals surface area contributed by atoms with E-state index in [1.165, 1.54) is 46.1 Å². The van der Waals surface area contributed by atoms with Crippen molar-refractivity contribution in [2.75, 3.05) is 6.54 Å². The molecule has 6 aromatic rings. The maximum absolute atomic E-state index is 13.5. The van der Waals surface area contributed by atoms with Gasteiger partial charge in [-0.2, -0.15) is 0 Å². The summed E-state index contributed by atoms with van der Waals surface area (Å²) in [4.78, 5) is 42.1.